The summed E-state index contributed by atoms with van der Waals surface area (Å²) in [6.07, 6.45) is 0. The molecule has 8 heteroatoms. The largest absolute Gasteiger partial charge is 0.351 e. The van der Waals surface area contributed by atoms with Crippen LogP contribution in [0.4, 0.5) is 0 Å². The third-order valence-electron chi connectivity index (χ3n) is 2.79. The number of thioether (sulfide) groups is 1. The molecule has 1 aliphatic heterocycles. The average molecular weight is 320 g/mol. The van der Waals surface area contributed by atoms with Gasteiger partial charge < -0.3 is 5.32 Å². The molecule has 1 aromatic heterocycles. The summed E-state index contributed by atoms with van der Waals surface area (Å²) < 4.78 is 26.7. The molecule has 0 saturated carbocycles. The number of nitrogens with one attached hydrogen (secondary N) is 1. The Balaban J connectivity index is 2.15. The highest BCUT2D eigenvalue weighted by molar-refractivity contribution is 8.01. The third-order valence-corrected chi connectivity index (χ3v) is 7.60. The van der Waals surface area contributed by atoms with Crippen LogP contribution in [0.3, 0.4) is 0 Å². The summed E-state index contributed by atoms with van der Waals surface area (Å²) in [6, 6.07) is 3.37. The van der Waals surface area contributed by atoms with Crippen LogP contribution >= 0.6 is 23.1 Å². The van der Waals surface area contributed by atoms with Gasteiger partial charge >= 0.3 is 0 Å². The second-order valence-electron chi connectivity index (χ2n) is 4.22. The number of thiophene rings is 1. The van der Waals surface area contributed by atoms with Crippen molar-refractivity contribution in [3.8, 4) is 0 Å². The molecule has 2 heterocycles. The molecular weight excluding hydrogens is 304 g/mol. The Morgan fingerprint density at radius 2 is 2.26 bits per heavy atom. The summed E-state index contributed by atoms with van der Waals surface area (Å²) in [7, 11) is -3.39. The fourth-order valence-electron chi connectivity index (χ4n) is 1.81. The van der Waals surface area contributed by atoms with Crippen molar-refractivity contribution in [1.82, 2.24) is 9.62 Å². The van der Waals surface area contributed by atoms with Crippen molar-refractivity contribution in [3.63, 3.8) is 0 Å². The molecule has 1 aliphatic rings. The number of hydrogen-bond acceptors (Lipinski definition) is 5. The topological polar surface area (TPSA) is 66.5 Å². The smallest absolute Gasteiger partial charge is 0.253 e. The highest BCUT2D eigenvalue weighted by Crippen LogP contribution is 2.32. The van der Waals surface area contributed by atoms with E-state index in [1.165, 1.54) is 22.6 Å². The predicted octanol–water partition coefficient (Wildman–Crippen LogP) is 1.47. The lowest BCUT2D eigenvalue weighted by Gasteiger charge is -2.18. The van der Waals surface area contributed by atoms with Crippen molar-refractivity contribution in [1.29, 1.82) is 0 Å². The van der Waals surface area contributed by atoms with Gasteiger partial charge in [-0.3, -0.25) is 4.79 Å². The first-order valence-corrected chi connectivity index (χ1v) is 9.18. The Labute approximate surface area is 121 Å². The minimum Gasteiger partial charge on any atom is -0.351 e. The van der Waals surface area contributed by atoms with Gasteiger partial charge in [0.1, 0.15) is 4.21 Å². The number of sulfonamides is 1. The molecule has 19 heavy (non-hydrogen) atoms. The Kier molecular flexibility index (Phi) is 4.54. The van der Waals surface area contributed by atoms with Crippen LogP contribution in [0.15, 0.2) is 16.3 Å². The zero-order chi connectivity index (χ0) is 14.0. The van der Waals surface area contributed by atoms with Gasteiger partial charge in [0, 0.05) is 24.1 Å². The van der Waals surface area contributed by atoms with Gasteiger partial charge in [-0.15, -0.1) is 23.1 Å². The van der Waals surface area contributed by atoms with Crippen LogP contribution in [0.2, 0.25) is 0 Å². The summed E-state index contributed by atoms with van der Waals surface area (Å²) in [5.41, 5.74) is 0. The number of hydrogen-bond donors (Lipinski definition) is 1. The number of carbonyl (C=O) groups excluding carboxylic acids is 1. The van der Waals surface area contributed by atoms with Gasteiger partial charge in [0.15, 0.2) is 0 Å². The van der Waals surface area contributed by atoms with Crippen molar-refractivity contribution in [2.45, 2.75) is 30.0 Å². The van der Waals surface area contributed by atoms with E-state index in [-0.39, 0.29) is 11.3 Å². The molecule has 2 rings (SSSR count). The zero-order valence-electron chi connectivity index (χ0n) is 10.8. The third kappa shape index (κ3) is 3.31. The normalized spacial score (nSPS) is 20.6. The Bertz CT molecular complexity index is 567. The average Bonchev–Trinajstić information content (AvgIpc) is 2.95. The second-order valence-corrected chi connectivity index (χ2v) is 8.93. The summed E-state index contributed by atoms with van der Waals surface area (Å²) >= 11 is 2.86. The maximum absolute atomic E-state index is 12.4. The summed E-state index contributed by atoms with van der Waals surface area (Å²) in [5.74, 6) is 0.715. The van der Waals surface area contributed by atoms with Crippen LogP contribution in [0, 0.1) is 0 Å². The van der Waals surface area contributed by atoms with E-state index in [0.717, 1.165) is 10.6 Å². The van der Waals surface area contributed by atoms with Crippen LogP contribution in [-0.2, 0) is 21.4 Å². The second kappa shape index (κ2) is 5.82. The van der Waals surface area contributed by atoms with E-state index in [0.29, 0.717) is 17.3 Å². The molecule has 1 atom stereocenters. The van der Waals surface area contributed by atoms with Gasteiger partial charge in [0.25, 0.3) is 10.0 Å². The summed E-state index contributed by atoms with van der Waals surface area (Å²) in [4.78, 5) is 11.7. The molecule has 1 fully saturated rings. The molecule has 5 nitrogen and oxygen atoms in total. The predicted molar refractivity (Wildman–Crippen MR) is 77.7 cm³/mol. The van der Waals surface area contributed by atoms with Crippen LogP contribution in [0.5, 0.6) is 0 Å². The molecule has 1 N–H and O–H groups in total. The molecule has 0 bridgehead atoms. The van der Waals surface area contributed by atoms with Gasteiger partial charge in [-0.05, 0) is 19.1 Å². The molecule has 1 saturated heterocycles. The van der Waals surface area contributed by atoms with Gasteiger partial charge in [-0.1, -0.05) is 0 Å². The van der Waals surface area contributed by atoms with Gasteiger partial charge in [-0.25, -0.2) is 8.42 Å². The Hall–Kier alpha value is -0.570. The van der Waals surface area contributed by atoms with Gasteiger partial charge in [-0.2, -0.15) is 4.31 Å². The van der Waals surface area contributed by atoms with Crippen molar-refractivity contribution in [2.24, 2.45) is 0 Å². The number of carbonyl (C=O) groups is 1. The van der Waals surface area contributed by atoms with E-state index in [4.69, 9.17) is 0 Å². The molecule has 1 amide bonds. The van der Waals surface area contributed by atoms with E-state index in [9.17, 15) is 13.2 Å². The minimum atomic E-state index is -3.39. The lowest BCUT2D eigenvalue weighted by atomic mass is 10.4. The van der Waals surface area contributed by atoms with Crippen molar-refractivity contribution in [3.05, 3.63) is 17.0 Å². The fraction of sp³-hybridized carbons (Fsp3) is 0.545. The van der Waals surface area contributed by atoms with E-state index in [1.54, 1.807) is 23.9 Å². The zero-order valence-corrected chi connectivity index (χ0v) is 13.2. The molecule has 0 spiro atoms. The van der Waals surface area contributed by atoms with Gasteiger partial charge in [0.2, 0.25) is 5.91 Å². The molecule has 0 radical (unpaired) electrons. The van der Waals surface area contributed by atoms with Crippen LogP contribution in [0.25, 0.3) is 0 Å². The number of amides is 1. The van der Waals surface area contributed by atoms with E-state index in [1.807, 2.05) is 6.92 Å². The standard InChI is InChI=1S/C11H16N2O3S3/c1-8(14)12-7-10-3-4-11(18-10)19(15,16)13-5-6-17-9(13)2/h3-4,9H,5-7H2,1-2H3,(H,12,14). The lowest BCUT2D eigenvalue weighted by Crippen LogP contribution is -2.32. The van der Waals surface area contributed by atoms with Gasteiger partial charge in [0.05, 0.1) is 11.9 Å². The minimum absolute atomic E-state index is 0.00843. The lowest BCUT2D eigenvalue weighted by molar-refractivity contribution is -0.119. The molecule has 106 valence electrons. The van der Waals surface area contributed by atoms with E-state index < -0.39 is 10.0 Å². The van der Waals surface area contributed by atoms with E-state index in [2.05, 4.69) is 5.32 Å². The first-order chi connectivity index (χ1) is 8.91. The molecule has 1 aromatic rings. The highest BCUT2D eigenvalue weighted by atomic mass is 32.2. The van der Waals surface area contributed by atoms with Crippen LogP contribution < -0.4 is 5.32 Å². The number of rotatable bonds is 4. The van der Waals surface area contributed by atoms with Crippen molar-refractivity contribution >= 4 is 39.0 Å². The van der Waals surface area contributed by atoms with Crippen molar-refractivity contribution in [2.75, 3.05) is 12.3 Å². The highest BCUT2D eigenvalue weighted by Gasteiger charge is 2.34. The Morgan fingerprint density at radius 1 is 1.53 bits per heavy atom. The fourth-order valence-corrected chi connectivity index (χ4v) is 6.26. The monoisotopic (exact) mass is 320 g/mol. The maximum Gasteiger partial charge on any atom is 0.253 e. The van der Waals surface area contributed by atoms with E-state index >= 15 is 0 Å². The van der Waals surface area contributed by atoms with Crippen LogP contribution in [0.1, 0.15) is 18.7 Å². The SMILES string of the molecule is CC(=O)NCc1ccc(S(=O)(=O)N2CCSC2C)s1. The quantitative estimate of drug-likeness (QED) is 0.912. The first-order valence-electron chi connectivity index (χ1n) is 5.88. The number of nitrogens with zero attached hydrogens (tertiary/aromatic N) is 1. The molecular formula is C11H16N2O3S3. The first kappa shape index (κ1) is 14.8. The maximum atomic E-state index is 12.4. The summed E-state index contributed by atoms with van der Waals surface area (Å²) in [6.45, 7) is 4.28. The summed E-state index contributed by atoms with van der Waals surface area (Å²) in [5, 5.41) is 2.66. The Morgan fingerprint density at radius 3 is 2.84 bits per heavy atom. The molecule has 0 aromatic carbocycles. The van der Waals surface area contributed by atoms with Crippen LogP contribution in [-0.4, -0.2) is 36.3 Å². The molecule has 1 unspecified atom stereocenters. The van der Waals surface area contributed by atoms with Crippen molar-refractivity contribution < 1.29 is 13.2 Å². The molecule has 0 aliphatic carbocycles.